The minimum atomic E-state index is -4.82. The van der Waals surface area contributed by atoms with Crippen molar-refractivity contribution in [2.75, 3.05) is 5.32 Å². The van der Waals surface area contributed by atoms with Gasteiger partial charge in [-0.1, -0.05) is 31.4 Å². The summed E-state index contributed by atoms with van der Waals surface area (Å²) in [5.74, 6) is 0. The highest BCUT2D eigenvalue weighted by Crippen LogP contribution is 2.39. The molecule has 2 aromatic rings. The summed E-state index contributed by atoms with van der Waals surface area (Å²) in [5, 5.41) is 3.06. The molecule has 1 aliphatic rings. The lowest BCUT2D eigenvalue weighted by atomic mass is 9.95. The fraction of sp³-hybridized carbons (Fsp3) is 0.471. The van der Waals surface area contributed by atoms with E-state index in [4.69, 9.17) is 0 Å². The number of fused-ring (bicyclic) bond motifs is 1. The number of nitrogens with one attached hydrogen (secondary N) is 1. The van der Waals surface area contributed by atoms with E-state index >= 15 is 0 Å². The number of aromatic nitrogens is 1. The molecule has 1 N–H and O–H groups in total. The molecule has 0 aliphatic heterocycles. The van der Waals surface area contributed by atoms with Gasteiger partial charge in [-0.3, -0.25) is 0 Å². The zero-order chi connectivity index (χ0) is 18.2. The van der Waals surface area contributed by atoms with Crippen molar-refractivity contribution < 1.29 is 26.3 Å². The Labute approximate surface area is 140 Å². The predicted octanol–water partition coefficient (Wildman–Crippen LogP) is 6.02. The summed E-state index contributed by atoms with van der Waals surface area (Å²) in [4.78, 5) is 3.28. The average molecular weight is 362 g/mol. The average Bonchev–Trinajstić information content (AvgIpc) is 2.53. The predicted molar refractivity (Wildman–Crippen MR) is 82.2 cm³/mol. The van der Waals surface area contributed by atoms with E-state index in [1.807, 2.05) is 0 Å². The number of nitrogens with zero attached hydrogens (tertiary/aromatic N) is 1. The van der Waals surface area contributed by atoms with Crippen molar-refractivity contribution in [3.8, 4) is 0 Å². The molecule has 0 radical (unpaired) electrons. The maximum atomic E-state index is 13.2. The lowest BCUT2D eigenvalue weighted by Crippen LogP contribution is -2.23. The minimum Gasteiger partial charge on any atom is -0.382 e. The highest BCUT2D eigenvalue weighted by atomic mass is 19.4. The van der Waals surface area contributed by atoms with Crippen LogP contribution in [0.3, 0.4) is 0 Å². The van der Waals surface area contributed by atoms with Crippen LogP contribution in [0.15, 0.2) is 24.3 Å². The van der Waals surface area contributed by atoms with Gasteiger partial charge >= 0.3 is 12.4 Å². The van der Waals surface area contributed by atoms with E-state index in [1.54, 1.807) is 0 Å². The van der Waals surface area contributed by atoms with Crippen LogP contribution < -0.4 is 5.32 Å². The Morgan fingerprint density at radius 3 is 2.20 bits per heavy atom. The molecule has 1 aromatic carbocycles. The second kappa shape index (κ2) is 6.38. The van der Waals surface area contributed by atoms with Crippen molar-refractivity contribution >= 4 is 16.6 Å². The van der Waals surface area contributed by atoms with E-state index in [-0.39, 0.29) is 17.1 Å². The molecule has 0 unspecified atom stereocenters. The molecular weight excluding hydrogens is 346 g/mol. The third-order valence-corrected chi connectivity index (χ3v) is 4.40. The normalized spacial score (nSPS) is 17.0. The molecule has 1 heterocycles. The molecule has 1 fully saturated rings. The van der Waals surface area contributed by atoms with Crippen molar-refractivity contribution in [3.63, 3.8) is 0 Å². The second-order valence-electron chi connectivity index (χ2n) is 6.23. The molecular formula is C17H16F6N2. The van der Waals surface area contributed by atoms with Crippen LogP contribution in [-0.2, 0) is 12.4 Å². The molecule has 3 rings (SSSR count). The van der Waals surface area contributed by atoms with E-state index in [0.717, 1.165) is 44.2 Å². The molecule has 0 amide bonds. The summed E-state index contributed by atoms with van der Waals surface area (Å²) in [6, 6.07) is 4.06. The highest BCUT2D eigenvalue weighted by Gasteiger charge is 2.37. The molecule has 25 heavy (non-hydrogen) atoms. The van der Waals surface area contributed by atoms with Gasteiger partial charge in [0.05, 0.1) is 11.1 Å². The number of pyridine rings is 1. The SMILES string of the molecule is FC(F)(F)c1cc(NC2CCCCC2)c2cccc(C(F)(F)F)c2n1. The molecule has 0 spiro atoms. The lowest BCUT2D eigenvalue weighted by Gasteiger charge is -2.25. The van der Waals surface area contributed by atoms with Gasteiger partial charge < -0.3 is 5.32 Å². The first kappa shape index (κ1) is 17.8. The number of alkyl halides is 6. The molecule has 0 atom stereocenters. The zero-order valence-corrected chi connectivity index (χ0v) is 13.1. The number of halogens is 6. The van der Waals surface area contributed by atoms with Crippen LogP contribution in [0.4, 0.5) is 32.0 Å². The highest BCUT2D eigenvalue weighted by molar-refractivity contribution is 5.94. The monoisotopic (exact) mass is 362 g/mol. The van der Waals surface area contributed by atoms with Crippen LogP contribution >= 0.6 is 0 Å². The van der Waals surface area contributed by atoms with Crippen molar-refractivity contribution in [1.29, 1.82) is 0 Å². The summed E-state index contributed by atoms with van der Waals surface area (Å²) in [5.41, 5.74) is -3.11. The molecule has 136 valence electrons. The zero-order valence-electron chi connectivity index (χ0n) is 13.1. The molecule has 0 saturated heterocycles. The number of para-hydroxylation sites is 1. The smallest absolute Gasteiger partial charge is 0.382 e. The Kier molecular flexibility index (Phi) is 4.55. The van der Waals surface area contributed by atoms with Crippen LogP contribution in [0.5, 0.6) is 0 Å². The Morgan fingerprint density at radius 1 is 0.920 bits per heavy atom. The Hall–Kier alpha value is -1.99. The van der Waals surface area contributed by atoms with E-state index in [0.29, 0.717) is 0 Å². The van der Waals surface area contributed by atoms with Gasteiger partial charge in [0.2, 0.25) is 0 Å². The quantitative estimate of drug-likeness (QED) is 0.661. The van der Waals surface area contributed by atoms with Crippen LogP contribution in [0.25, 0.3) is 10.9 Å². The van der Waals surface area contributed by atoms with Crippen LogP contribution in [0.2, 0.25) is 0 Å². The van der Waals surface area contributed by atoms with E-state index in [1.165, 1.54) is 12.1 Å². The maximum Gasteiger partial charge on any atom is 0.433 e. The van der Waals surface area contributed by atoms with Gasteiger partial charge in [0.25, 0.3) is 0 Å². The second-order valence-corrected chi connectivity index (χ2v) is 6.23. The third-order valence-electron chi connectivity index (χ3n) is 4.40. The van der Waals surface area contributed by atoms with Gasteiger partial charge in [-0.15, -0.1) is 0 Å². The molecule has 2 nitrogen and oxygen atoms in total. The summed E-state index contributed by atoms with van der Waals surface area (Å²) < 4.78 is 79.0. The van der Waals surface area contributed by atoms with Gasteiger partial charge in [0, 0.05) is 17.1 Å². The fourth-order valence-corrected chi connectivity index (χ4v) is 3.21. The van der Waals surface area contributed by atoms with Gasteiger partial charge in [0.15, 0.2) is 0 Å². The molecule has 1 aliphatic carbocycles. The van der Waals surface area contributed by atoms with Crippen LogP contribution in [-0.4, -0.2) is 11.0 Å². The minimum absolute atomic E-state index is 0.0463. The fourth-order valence-electron chi connectivity index (χ4n) is 3.21. The van der Waals surface area contributed by atoms with Gasteiger partial charge in [-0.2, -0.15) is 26.3 Å². The summed E-state index contributed by atoms with van der Waals surface area (Å²) in [7, 11) is 0. The number of anilines is 1. The Morgan fingerprint density at radius 2 is 1.60 bits per heavy atom. The first-order valence-electron chi connectivity index (χ1n) is 8.01. The van der Waals surface area contributed by atoms with Crippen molar-refractivity contribution in [1.82, 2.24) is 4.98 Å². The standard InChI is InChI=1S/C17H16F6N2/c18-16(19,20)12-8-4-7-11-13(24-10-5-2-1-3-6-10)9-14(17(21,22)23)25-15(11)12/h4,7-10H,1-3,5-6H2,(H,24,25). The Balaban J connectivity index is 2.16. The number of benzene rings is 1. The number of hydrogen-bond acceptors (Lipinski definition) is 2. The van der Waals surface area contributed by atoms with Gasteiger partial charge in [-0.05, 0) is 25.0 Å². The van der Waals surface area contributed by atoms with Crippen molar-refractivity contribution in [2.24, 2.45) is 0 Å². The number of rotatable bonds is 2. The lowest BCUT2D eigenvalue weighted by molar-refractivity contribution is -0.142. The topological polar surface area (TPSA) is 24.9 Å². The maximum absolute atomic E-state index is 13.2. The largest absolute Gasteiger partial charge is 0.433 e. The van der Waals surface area contributed by atoms with Crippen LogP contribution in [0.1, 0.15) is 43.4 Å². The van der Waals surface area contributed by atoms with Crippen LogP contribution in [0, 0.1) is 0 Å². The molecule has 1 saturated carbocycles. The first-order chi connectivity index (χ1) is 11.7. The van der Waals surface area contributed by atoms with Crippen molar-refractivity contribution in [3.05, 3.63) is 35.5 Å². The van der Waals surface area contributed by atoms with Gasteiger partial charge in [-0.25, -0.2) is 4.98 Å². The summed E-state index contributed by atoms with van der Waals surface area (Å²) >= 11 is 0. The van der Waals surface area contributed by atoms with Gasteiger partial charge in [0.1, 0.15) is 5.69 Å². The first-order valence-corrected chi connectivity index (χ1v) is 8.01. The molecule has 8 heteroatoms. The number of hydrogen-bond donors (Lipinski definition) is 1. The van der Waals surface area contributed by atoms with E-state index in [2.05, 4.69) is 10.3 Å². The van der Waals surface area contributed by atoms with E-state index < -0.39 is 29.1 Å². The summed E-state index contributed by atoms with van der Waals surface area (Å²) in [6.07, 6.45) is -5.09. The third kappa shape index (κ3) is 3.82. The molecule has 1 aromatic heterocycles. The van der Waals surface area contributed by atoms with E-state index in [9.17, 15) is 26.3 Å². The van der Waals surface area contributed by atoms with Crippen molar-refractivity contribution in [2.45, 2.75) is 50.5 Å². The summed E-state index contributed by atoms with van der Waals surface area (Å²) in [6.45, 7) is 0. The Bertz CT molecular complexity index is 760. The molecule has 0 bridgehead atoms.